The van der Waals surface area contributed by atoms with Gasteiger partial charge in [0.15, 0.2) is 0 Å². The first-order valence-corrected chi connectivity index (χ1v) is 7.81. The highest BCUT2D eigenvalue weighted by Crippen LogP contribution is 2.25. The summed E-state index contributed by atoms with van der Waals surface area (Å²) in [4.78, 5) is 16.0. The van der Waals surface area contributed by atoms with Crippen LogP contribution in [0.1, 0.15) is 24.2 Å². The number of methoxy groups -OCH3 is 1. The molecule has 4 heteroatoms. The zero-order valence-corrected chi connectivity index (χ0v) is 13.7. The topological polar surface area (TPSA) is 59.4 Å². The fourth-order valence-corrected chi connectivity index (χ4v) is 2.66. The number of rotatable bonds is 4. The van der Waals surface area contributed by atoms with Crippen LogP contribution in [0.5, 0.6) is 0 Å². The van der Waals surface area contributed by atoms with Crippen LogP contribution < -0.4 is 0 Å². The molecule has 0 saturated carbocycles. The molecule has 1 heterocycles. The van der Waals surface area contributed by atoms with Crippen LogP contribution in [0.25, 0.3) is 22.0 Å². The summed E-state index contributed by atoms with van der Waals surface area (Å²) in [6.45, 7) is 1.75. The van der Waals surface area contributed by atoms with Crippen molar-refractivity contribution in [2.75, 3.05) is 7.11 Å². The Morgan fingerprint density at radius 1 is 1.17 bits per heavy atom. The number of aliphatic hydroxyl groups is 1. The Bertz CT molecular complexity index is 887. The quantitative estimate of drug-likeness (QED) is 0.745. The molecule has 0 fully saturated rings. The van der Waals surface area contributed by atoms with E-state index in [1.807, 2.05) is 54.7 Å². The number of benzene rings is 2. The molecule has 0 spiro atoms. The van der Waals surface area contributed by atoms with Gasteiger partial charge in [0.05, 0.1) is 25.3 Å². The van der Waals surface area contributed by atoms with Gasteiger partial charge < -0.3 is 9.84 Å². The van der Waals surface area contributed by atoms with Gasteiger partial charge in [-0.2, -0.15) is 0 Å². The molecule has 4 nitrogen and oxygen atoms in total. The van der Waals surface area contributed by atoms with Crippen molar-refractivity contribution in [1.82, 2.24) is 4.98 Å². The van der Waals surface area contributed by atoms with Crippen molar-refractivity contribution in [2.24, 2.45) is 0 Å². The van der Waals surface area contributed by atoms with Gasteiger partial charge in [-0.05, 0) is 41.6 Å². The fraction of sp³-hybridized carbons (Fsp3) is 0.200. The first-order valence-electron chi connectivity index (χ1n) is 7.81. The van der Waals surface area contributed by atoms with Gasteiger partial charge in [0.25, 0.3) is 0 Å². The van der Waals surface area contributed by atoms with Gasteiger partial charge in [0.2, 0.25) is 0 Å². The van der Waals surface area contributed by atoms with Crippen LogP contribution in [-0.4, -0.2) is 23.2 Å². The van der Waals surface area contributed by atoms with E-state index in [2.05, 4.69) is 4.98 Å². The number of fused-ring (bicyclic) bond motifs is 1. The third-order valence-corrected chi connectivity index (χ3v) is 4.03. The van der Waals surface area contributed by atoms with Gasteiger partial charge in [-0.1, -0.05) is 30.3 Å². The summed E-state index contributed by atoms with van der Waals surface area (Å²) in [7, 11) is 1.39. The van der Waals surface area contributed by atoms with E-state index < -0.39 is 6.10 Å². The van der Waals surface area contributed by atoms with Gasteiger partial charge in [0, 0.05) is 17.1 Å². The molecule has 1 atom stereocenters. The molecule has 0 saturated heterocycles. The number of nitrogens with zero attached hydrogens (tertiary/aromatic N) is 1. The van der Waals surface area contributed by atoms with Crippen molar-refractivity contribution < 1.29 is 14.6 Å². The number of hydrogen-bond donors (Lipinski definition) is 1. The molecule has 0 aliphatic rings. The Morgan fingerprint density at radius 3 is 2.75 bits per heavy atom. The van der Waals surface area contributed by atoms with Crippen molar-refractivity contribution in [3.63, 3.8) is 0 Å². The summed E-state index contributed by atoms with van der Waals surface area (Å²) in [6, 6.07) is 15.6. The van der Waals surface area contributed by atoms with Gasteiger partial charge >= 0.3 is 5.97 Å². The van der Waals surface area contributed by atoms with Crippen molar-refractivity contribution in [1.29, 1.82) is 0 Å². The molecule has 24 heavy (non-hydrogen) atoms. The van der Waals surface area contributed by atoms with Crippen molar-refractivity contribution in [2.45, 2.75) is 19.4 Å². The van der Waals surface area contributed by atoms with E-state index in [0.29, 0.717) is 0 Å². The lowest BCUT2D eigenvalue weighted by Gasteiger charge is -2.08. The third kappa shape index (κ3) is 3.44. The largest absolute Gasteiger partial charge is 0.469 e. The van der Waals surface area contributed by atoms with Gasteiger partial charge in [0.1, 0.15) is 0 Å². The minimum Gasteiger partial charge on any atom is -0.469 e. The highest BCUT2D eigenvalue weighted by molar-refractivity contribution is 5.86. The van der Waals surface area contributed by atoms with Gasteiger partial charge in [-0.25, -0.2) is 0 Å². The van der Waals surface area contributed by atoms with Crippen LogP contribution in [0.3, 0.4) is 0 Å². The lowest BCUT2D eigenvalue weighted by Crippen LogP contribution is -2.04. The van der Waals surface area contributed by atoms with E-state index in [0.717, 1.165) is 33.2 Å². The maximum Gasteiger partial charge on any atom is 0.309 e. The smallest absolute Gasteiger partial charge is 0.309 e. The average molecular weight is 321 g/mol. The maximum atomic E-state index is 11.4. The lowest BCUT2D eigenvalue weighted by atomic mass is 10.0. The molecule has 1 N–H and O–H groups in total. The first-order chi connectivity index (χ1) is 11.6. The summed E-state index contributed by atoms with van der Waals surface area (Å²) in [5.41, 5.74) is 3.54. The molecule has 3 aromatic rings. The SMILES string of the molecule is COC(=O)Cc1cccc(-c2cc3cc(C(C)O)ccc3cn2)c1. The Hall–Kier alpha value is -2.72. The molecule has 0 radical (unpaired) electrons. The molecule has 2 aromatic carbocycles. The summed E-state index contributed by atoms with van der Waals surface area (Å²) >= 11 is 0. The Kier molecular flexibility index (Phi) is 4.58. The van der Waals surface area contributed by atoms with E-state index in [9.17, 15) is 9.90 Å². The van der Waals surface area contributed by atoms with Crippen LogP contribution in [0, 0.1) is 0 Å². The van der Waals surface area contributed by atoms with Crippen LogP contribution in [0.15, 0.2) is 54.7 Å². The Balaban J connectivity index is 1.99. The van der Waals surface area contributed by atoms with E-state index in [-0.39, 0.29) is 12.4 Å². The van der Waals surface area contributed by atoms with Gasteiger partial charge in [-0.3, -0.25) is 9.78 Å². The number of pyridine rings is 1. The number of carbonyl (C=O) groups excluding carboxylic acids is 1. The molecule has 0 bridgehead atoms. The standard InChI is InChI=1S/C20H19NO3/c1-13(22)15-6-7-17-12-21-19(11-18(17)10-15)16-5-3-4-14(8-16)9-20(23)24-2/h3-8,10-13,22H,9H2,1-2H3. The summed E-state index contributed by atoms with van der Waals surface area (Å²) in [5.74, 6) is -0.264. The van der Waals surface area contributed by atoms with Crippen LogP contribution >= 0.6 is 0 Å². The normalized spacial score (nSPS) is 12.1. The second-order valence-electron chi connectivity index (χ2n) is 5.81. The molecule has 0 aliphatic heterocycles. The number of ether oxygens (including phenoxy) is 1. The predicted octanol–water partition coefficient (Wildman–Crippen LogP) is 3.67. The van der Waals surface area contributed by atoms with Crippen molar-refractivity contribution in [3.05, 3.63) is 65.9 Å². The molecular formula is C20H19NO3. The number of hydrogen-bond acceptors (Lipinski definition) is 4. The summed E-state index contributed by atoms with van der Waals surface area (Å²) in [5, 5.41) is 11.8. The van der Waals surface area contributed by atoms with E-state index in [4.69, 9.17) is 4.74 Å². The monoisotopic (exact) mass is 321 g/mol. The number of esters is 1. The molecule has 0 aliphatic carbocycles. The third-order valence-electron chi connectivity index (χ3n) is 4.03. The van der Waals surface area contributed by atoms with Gasteiger partial charge in [-0.15, -0.1) is 0 Å². The van der Waals surface area contributed by atoms with E-state index >= 15 is 0 Å². The molecular weight excluding hydrogens is 302 g/mol. The maximum absolute atomic E-state index is 11.4. The summed E-state index contributed by atoms with van der Waals surface area (Å²) in [6.07, 6.45) is 1.56. The molecule has 1 unspecified atom stereocenters. The second-order valence-corrected chi connectivity index (χ2v) is 5.81. The van der Waals surface area contributed by atoms with Crippen molar-refractivity contribution >= 4 is 16.7 Å². The number of aromatic nitrogens is 1. The van der Waals surface area contributed by atoms with E-state index in [1.165, 1.54) is 7.11 Å². The summed E-state index contributed by atoms with van der Waals surface area (Å²) < 4.78 is 4.71. The van der Waals surface area contributed by atoms with Crippen molar-refractivity contribution in [3.8, 4) is 11.3 Å². The first kappa shape index (κ1) is 16.1. The van der Waals surface area contributed by atoms with Crippen LogP contribution in [0.2, 0.25) is 0 Å². The molecule has 3 rings (SSSR count). The van der Waals surface area contributed by atoms with Crippen LogP contribution in [0.4, 0.5) is 0 Å². The highest BCUT2D eigenvalue weighted by Gasteiger charge is 2.07. The van der Waals surface area contributed by atoms with Crippen LogP contribution in [-0.2, 0) is 16.0 Å². The Labute approximate surface area is 140 Å². The zero-order chi connectivity index (χ0) is 17.1. The Morgan fingerprint density at radius 2 is 2.00 bits per heavy atom. The predicted molar refractivity (Wildman–Crippen MR) is 93.5 cm³/mol. The lowest BCUT2D eigenvalue weighted by molar-refractivity contribution is -0.139. The molecule has 0 amide bonds. The second kappa shape index (κ2) is 6.81. The number of aliphatic hydroxyl groups excluding tert-OH is 1. The minimum absolute atomic E-state index is 0.240. The fourth-order valence-electron chi connectivity index (χ4n) is 2.66. The molecule has 122 valence electrons. The van der Waals surface area contributed by atoms with E-state index in [1.54, 1.807) is 6.92 Å². The zero-order valence-electron chi connectivity index (χ0n) is 13.7. The number of carbonyl (C=O) groups is 1. The average Bonchev–Trinajstić information content (AvgIpc) is 2.60. The highest BCUT2D eigenvalue weighted by atomic mass is 16.5. The molecule has 1 aromatic heterocycles. The minimum atomic E-state index is -0.505.